The fourth-order valence-electron chi connectivity index (χ4n) is 3.62. The molecule has 2 unspecified atom stereocenters. The third-order valence-corrected chi connectivity index (χ3v) is 4.73. The Morgan fingerprint density at radius 1 is 1.30 bits per heavy atom. The average Bonchev–Trinajstić information content (AvgIpc) is 2.63. The van der Waals surface area contributed by atoms with E-state index in [1.165, 1.54) is 0 Å². The van der Waals surface area contributed by atoms with Crippen LogP contribution in [-0.2, 0) is 4.79 Å². The van der Waals surface area contributed by atoms with E-state index >= 15 is 0 Å². The Hall–Kier alpha value is -1.07. The molecule has 5 nitrogen and oxygen atoms in total. The average molecular weight is 316 g/mol. The highest BCUT2D eigenvalue weighted by Gasteiger charge is 2.42. The molecule has 1 aromatic heterocycles. The van der Waals surface area contributed by atoms with Gasteiger partial charge in [0.1, 0.15) is 0 Å². The Morgan fingerprint density at radius 3 is 2.55 bits per heavy atom. The molecule has 20 heavy (non-hydrogen) atoms. The summed E-state index contributed by atoms with van der Waals surface area (Å²) in [7, 11) is 0. The van der Waals surface area contributed by atoms with Crippen molar-refractivity contribution in [2.24, 2.45) is 5.92 Å². The molecule has 2 saturated heterocycles. The number of halogens is 2. The number of fused-ring (bicyclic) bond motifs is 2. The minimum absolute atomic E-state index is 0.254. The largest absolute Gasteiger partial charge is 0.481 e. The lowest BCUT2D eigenvalue weighted by molar-refractivity contribution is -0.138. The maximum absolute atomic E-state index is 10.9. The molecule has 0 spiro atoms. The van der Waals surface area contributed by atoms with Crippen LogP contribution in [0.4, 0.5) is 5.69 Å². The number of hydrogen-bond donors (Lipinski definition) is 1. The minimum atomic E-state index is -0.713. The Labute approximate surface area is 126 Å². The number of piperidine rings is 1. The molecule has 2 aliphatic heterocycles. The van der Waals surface area contributed by atoms with Crippen molar-refractivity contribution in [1.29, 1.82) is 0 Å². The van der Waals surface area contributed by atoms with E-state index in [0.717, 1.165) is 31.4 Å². The minimum Gasteiger partial charge on any atom is -0.481 e. The zero-order valence-electron chi connectivity index (χ0n) is 10.8. The van der Waals surface area contributed by atoms with Gasteiger partial charge in [0.15, 0.2) is 10.3 Å². The molecule has 2 fully saturated rings. The molecule has 0 saturated carbocycles. The topological polar surface area (TPSA) is 66.3 Å². The molecule has 0 aromatic carbocycles. The summed E-state index contributed by atoms with van der Waals surface area (Å²) in [6, 6.07) is 2.41. The standard InChI is InChI=1S/C13H15Cl2N3O2/c14-11-6-10(13(15)17-16-11)18-8-1-2-9(18)4-7(3-8)5-12(19)20/h6-9H,1-5H2,(H,19,20). The monoisotopic (exact) mass is 315 g/mol. The van der Waals surface area contributed by atoms with E-state index in [0.29, 0.717) is 22.4 Å². The Kier molecular flexibility index (Phi) is 3.73. The number of aliphatic carboxylic acids is 1. The highest BCUT2D eigenvalue weighted by atomic mass is 35.5. The van der Waals surface area contributed by atoms with E-state index in [1.54, 1.807) is 6.07 Å². The molecule has 0 radical (unpaired) electrons. The van der Waals surface area contributed by atoms with Crippen LogP contribution in [0.3, 0.4) is 0 Å². The smallest absolute Gasteiger partial charge is 0.303 e. The highest BCUT2D eigenvalue weighted by Crippen LogP contribution is 2.44. The van der Waals surface area contributed by atoms with Crippen molar-refractivity contribution in [3.63, 3.8) is 0 Å². The van der Waals surface area contributed by atoms with Crippen LogP contribution in [0, 0.1) is 5.92 Å². The van der Waals surface area contributed by atoms with Crippen LogP contribution < -0.4 is 4.90 Å². The van der Waals surface area contributed by atoms with Gasteiger partial charge in [0.05, 0.1) is 5.69 Å². The Bertz CT molecular complexity index is 526. The van der Waals surface area contributed by atoms with Crippen molar-refractivity contribution in [3.05, 3.63) is 16.4 Å². The second kappa shape index (κ2) is 5.37. The van der Waals surface area contributed by atoms with Crippen LogP contribution in [0.25, 0.3) is 0 Å². The van der Waals surface area contributed by atoms with Gasteiger partial charge in [-0.3, -0.25) is 4.79 Å². The number of nitrogens with zero attached hydrogens (tertiary/aromatic N) is 3. The summed E-state index contributed by atoms with van der Waals surface area (Å²) in [6.45, 7) is 0. The number of anilines is 1. The zero-order valence-corrected chi connectivity index (χ0v) is 12.3. The van der Waals surface area contributed by atoms with Crippen molar-refractivity contribution in [2.75, 3.05) is 4.90 Å². The van der Waals surface area contributed by atoms with Gasteiger partial charge in [0.25, 0.3) is 0 Å². The van der Waals surface area contributed by atoms with Gasteiger partial charge in [0, 0.05) is 24.6 Å². The maximum Gasteiger partial charge on any atom is 0.303 e. The van der Waals surface area contributed by atoms with Crippen LogP contribution >= 0.6 is 23.2 Å². The molecule has 7 heteroatoms. The lowest BCUT2D eigenvalue weighted by atomic mass is 9.88. The van der Waals surface area contributed by atoms with Gasteiger partial charge < -0.3 is 10.0 Å². The van der Waals surface area contributed by atoms with Crippen LogP contribution in [0.2, 0.25) is 10.3 Å². The lowest BCUT2D eigenvalue weighted by Gasteiger charge is -2.40. The Morgan fingerprint density at radius 2 is 1.95 bits per heavy atom. The van der Waals surface area contributed by atoms with Gasteiger partial charge in [-0.1, -0.05) is 23.2 Å². The van der Waals surface area contributed by atoms with Crippen LogP contribution in [0.1, 0.15) is 32.1 Å². The van der Waals surface area contributed by atoms with Gasteiger partial charge in [-0.2, -0.15) is 0 Å². The van der Waals surface area contributed by atoms with Crippen molar-refractivity contribution >= 4 is 34.9 Å². The molecular formula is C13H15Cl2N3O2. The molecule has 3 rings (SSSR count). The van der Waals surface area contributed by atoms with Crippen LogP contribution in [0.15, 0.2) is 6.07 Å². The number of carboxylic acid groups (broad SMARTS) is 1. The third kappa shape index (κ3) is 2.56. The first-order valence-corrected chi connectivity index (χ1v) is 7.49. The van der Waals surface area contributed by atoms with Crippen molar-refractivity contribution in [1.82, 2.24) is 10.2 Å². The molecule has 1 aromatic rings. The predicted octanol–water partition coefficient (Wildman–Crippen LogP) is 3.01. The molecule has 2 bridgehead atoms. The first kappa shape index (κ1) is 13.9. The summed E-state index contributed by atoms with van der Waals surface area (Å²) in [5, 5.41) is 17.2. The van der Waals surface area contributed by atoms with Gasteiger partial charge in [-0.05, 0) is 31.6 Å². The van der Waals surface area contributed by atoms with Crippen molar-refractivity contribution in [3.8, 4) is 0 Å². The zero-order chi connectivity index (χ0) is 14.3. The van der Waals surface area contributed by atoms with Crippen LogP contribution in [0.5, 0.6) is 0 Å². The quantitative estimate of drug-likeness (QED) is 0.928. The molecule has 108 valence electrons. The fraction of sp³-hybridized carbons (Fsp3) is 0.615. The van der Waals surface area contributed by atoms with E-state index in [1.807, 2.05) is 0 Å². The predicted molar refractivity (Wildman–Crippen MR) is 76.3 cm³/mol. The molecular weight excluding hydrogens is 301 g/mol. The second-order valence-electron chi connectivity index (χ2n) is 5.57. The summed E-state index contributed by atoms with van der Waals surface area (Å²) >= 11 is 12.1. The summed E-state index contributed by atoms with van der Waals surface area (Å²) in [5.41, 5.74) is 0.827. The van der Waals surface area contributed by atoms with Crippen molar-refractivity contribution in [2.45, 2.75) is 44.2 Å². The summed E-state index contributed by atoms with van der Waals surface area (Å²) in [4.78, 5) is 13.1. The second-order valence-corrected chi connectivity index (χ2v) is 6.32. The van der Waals surface area contributed by atoms with E-state index in [9.17, 15) is 4.79 Å². The highest BCUT2D eigenvalue weighted by molar-refractivity contribution is 6.33. The summed E-state index contributed by atoms with van der Waals surface area (Å²) < 4.78 is 0. The molecule has 2 atom stereocenters. The van der Waals surface area contributed by atoms with Crippen molar-refractivity contribution < 1.29 is 9.90 Å². The number of carboxylic acids is 1. The first-order valence-electron chi connectivity index (χ1n) is 6.73. The molecule has 1 N–H and O–H groups in total. The van der Waals surface area contributed by atoms with E-state index in [4.69, 9.17) is 28.3 Å². The molecule has 0 aliphatic carbocycles. The molecule has 2 aliphatic rings. The molecule has 0 amide bonds. The van der Waals surface area contributed by atoms with Crippen LogP contribution in [-0.4, -0.2) is 33.4 Å². The Balaban J connectivity index is 1.83. The first-order chi connectivity index (χ1) is 9.54. The normalized spacial score (nSPS) is 28.7. The third-order valence-electron chi connectivity index (χ3n) is 4.27. The van der Waals surface area contributed by atoms with E-state index in [-0.39, 0.29) is 12.3 Å². The number of aromatic nitrogens is 2. The number of rotatable bonds is 3. The van der Waals surface area contributed by atoms with Gasteiger partial charge in [-0.15, -0.1) is 10.2 Å². The lowest BCUT2D eigenvalue weighted by Crippen LogP contribution is -2.43. The summed E-state index contributed by atoms with van der Waals surface area (Å²) in [6.07, 6.45) is 4.16. The van der Waals surface area contributed by atoms with Gasteiger partial charge in [-0.25, -0.2) is 0 Å². The number of hydrogen-bond acceptors (Lipinski definition) is 4. The van der Waals surface area contributed by atoms with E-state index < -0.39 is 5.97 Å². The van der Waals surface area contributed by atoms with E-state index in [2.05, 4.69) is 15.1 Å². The SMILES string of the molecule is O=C(O)CC1CC2CCC(C1)N2c1cc(Cl)nnc1Cl. The summed E-state index contributed by atoms with van der Waals surface area (Å²) in [5.74, 6) is -0.459. The van der Waals surface area contributed by atoms with Gasteiger partial charge >= 0.3 is 5.97 Å². The maximum atomic E-state index is 10.9. The number of carbonyl (C=O) groups is 1. The fourth-order valence-corrected chi connectivity index (χ4v) is 3.95. The van der Waals surface area contributed by atoms with Gasteiger partial charge in [0.2, 0.25) is 0 Å². The molecule has 3 heterocycles.